The first kappa shape index (κ1) is 13.7. The highest BCUT2D eigenvalue weighted by Crippen LogP contribution is 2.25. The molecule has 0 spiro atoms. The lowest BCUT2D eigenvalue weighted by atomic mass is 9.91. The molecule has 3 rings (SSSR count). The van der Waals surface area contributed by atoms with Gasteiger partial charge >= 0.3 is 0 Å². The van der Waals surface area contributed by atoms with Crippen molar-refractivity contribution >= 4 is 17.7 Å². The Morgan fingerprint density at radius 2 is 2.00 bits per heavy atom. The minimum atomic E-state index is 0.355. The molecule has 3 fully saturated rings. The molecule has 5 heteroatoms. The fraction of sp³-hybridized carbons (Fsp3) is 0.929. The van der Waals surface area contributed by atoms with Crippen molar-refractivity contribution in [2.75, 3.05) is 44.2 Å². The number of carbonyl (C=O) groups is 1. The van der Waals surface area contributed by atoms with Crippen LogP contribution in [0.2, 0.25) is 0 Å². The molecule has 1 saturated carbocycles. The largest absolute Gasteiger partial charge is 0.340 e. The van der Waals surface area contributed by atoms with E-state index < -0.39 is 0 Å². The van der Waals surface area contributed by atoms with Crippen LogP contribution in [0.4, 0.5) is 0 Å². The summed E-state index contributed by atoms with van der Waals surface area (Å²) in [7, 11) is 0. The predicted octanol–water partition coefficient (Wildman–Crippen LogP) is 0.778. The van der Waals surface area contributed by atoms with Crippen molar-refractivity contribution in [2.24, 2.45) is 0 Å². The summed E-state index contributed by atoms with van der Waals surface area (Å²) in [6.07, 6.45) is 4.83. The molecule has 19 heavy (non-hydrogen) atoms. The van der Waals surface area contributed by atoms with Crippen molar-refractivity contribution in [3.8, 4) is 0 Å². The van der Waals surface area contributed by atoms with Crippen molar-refractivity contribution in [2.45, 2.75) is 37.8 Å². The highest BCUT2D eigenvalue weighted by Gasteiger charge is 2.30. The molecule has 2 heterocycles. The zero-order valence-electron chi connectivity index (χ0n) is 11.6. The third kappa shape index (κ3) is 3.44. The standard InChI is InChI=1S/C14H25N3OS/c18-14(10-12-11-19-9-4-15-12)17-7-5-16(6-8-17)13-2-1-3-13/h12-13,15H,1-11H2. The Bertz CT molecular complexity index is 308. The van der Waals surface area contributed by atoms with E-state index in [4.69, 9.17) is 0 Å². The summed E-state index contributed by atoms with van der Waals surface area (Å²) in [4.78, 5) is 16.9. The van der Waals surface area contributed by atoms with Crippen molar-refractivity contribution in [3.05, 3.63) is 0 Å². The van der Waals surface area contributed by atoms with Crippen LogP contribution in [0, 0.1) is 0 Å². The number of nitrogens with zero attached hydrogens (tertiary/aromatic N) is 2. The first-order valence-electron chi connectivity index (χ1n) is 7.66. The number of carbonyl (C=O) groups excluding carboxylic acids is 1. The summed E-state index contributed by atoms with van der Waals surface area (Å²) in [6.45, 7) is 5.11. The fourth-order valence-electron chi connectivity index (χ4n) is 3.18. The van der Waals surface area contributed by atoms with E-state index in [-0.39, 0.29) is 0 Å². The number of amides is 1. The van der Waals surface area contributed by atoms with E-state index in [1.54, 1.807) is 0 Å². The van der Waals surface area contributed by atoms with E-state index in [1.165, 1.54) is 25.0 Å². The Morgan fingerprint density at radius 3 is 2.58 bits per heavy atom. The SMILES string of the molecule is O=C(CC1CSCCN1)N1CCN(C2CCC2)CC1. The molecule has 0 aromatic carbocycles. The van der Waals surface area contributed by atoms with Crippen LogP contribution >= 0.6 is 11.8 Å². The monoisotopic (exact) mass is 283 g/mol. The maximum Gasteiger partial charge on any atom is 0.224 e. The molecule has 3 aliphatic rings. The number of thioether (sulfide) groups is 1. The topological polar surface area (TPSA) is 35.6 Å². The summed E-state index contributed by atoms with van der Waals surface area (Å²) >= 11 is 1.97. The van der Waals surface area contributed by atoms with Crippen molar-refractivity contribution in [1.29, 1.82) is 0 Å². The molecule has 1 aliphatic carbocycles. The predicted molar refractivity (Wildman–Crippen MR) is 79.5 cm³/mol. The summed E-state index contributed by atoms with van der Waals surface area (Å²) in [6, 6.07) is 1.23. The molecule has 0 aromatic rings. The van der Waals surface area contributed by atoms with E-state index in [9.17, 15) is 4.79 Å². The number of hydrogen-bond acceptors (Lipinski definition) is 4. The van der Waals surface area contributed by atoms with Gasteiger partial charge in [0.15, 0.2) is 0 Å². The fourth-order valence-corrected chi connectivity index (χ4v) is 4.13. The Labute approximate surface area is 120 Å². The van der Waals surface area contributed by atoms with Crippen LogP contribution < -0.4 is 5.32 Å². The summed E-state index contributed by atoms with van der Waals surface area (Å²) in [5.74, 6) is 2.63. The van der Waals surface area contributed by atoms with Crippen molar-refractivity contribution < 1.29 is 4.79 Å². The molecule has 1 N–H and O–H groups in total. The molecule has 2 saturated heterocycles. The minimum Gasteiger partial charge on any atom is -0.340 e. The maximum atomic E-state index is 12.3. The average molecular weight is 283 g/mol. The molecule has 0 radical (unpaired) electrons. The molecule has 4 nitrogen and oxygen atoms in total. The zero-order valence-corrected chi connectivity index (χ0v) is 12.5. The second-order valence-corrected chi connectivity index (χ2v) is 7.08. The van der Waals surface area contributed by atoms with E-state index in [2.05, 4.69) is 15.1 Å². The van der Waals surface area contributed by atoms with Crippen LogP contribution in [-0.2, 0) is 4.79 Å². The Balaban J connectivity index is 1.41. The summed E-state index contributed by atoms with van der Waals surface area (Å²) in [5, 5.41) is 3.46. The van der Waals surface area contributed by atoms with Crippen LogP contribution in [0.5, 0.6) is 0 Å². The van der Waals surface area contributed by atoms with Gasteiger partial charge in [-0.15, -0.1) is 0 Å². The number of hydrogen-bond donors (Lipinski definition) is 1. The molecule has 108 valence electrons. The Morgan fingerprint density at radius 1 is 1.21 bits per heavy atom. The molecule has 1 atom stereocenters. The Kier molecular flexibility index (Phi) is 4.66. The van der Waals surface area contributed by atoms with Crippen molar-refractivity contribution in [1.82, 2.24) is 15.1 Å². The van der Waals surface area contributed by atoms with Gasteiger partial charge in [0.05, 0.1) is 0 Å². The summed E-state index contributed by atoms with van der Waals surface area (Å²) in [5.41, 5.74) is 0. The number of nitrogens with one attached hydrogen (secondary N) is 1. The third-order valence-electron chi connectivity index (χ3n) is 4.68. The highest BCUT2D eigenvalue weighted by molar-refractivity contribution is 7.99. The first-order valence-corrected chi connectivity index (χ1v) is 8.81. The number of piperazine rings is 1. The van der Waals surface area contributed by atoms with Gasteiger partial charge in [0.2, 0.25) is 5.91 Å². The van der Waals surface area contributed by atoms with E-state index >= 15 is 0 Å². The smallest absolute Gasteiger partial charge is 0.224 e. The lowest BCUT2D eigenvalue weighted by Crippen LogP contribution is -2.54. The van der Waals surface area contributed by atoms with Crippen LogP contribution in [-0.4, -0.2) is 72.0 Å². The second kappa shape index (κ2) is 6.46. The first-order chi connectivity index (χ1) is 9.33. The summed E-state index contributed by atoms with van der Waals surface area (Å²) < 4.78 is 0. The highest BCUT2D eigenvalue weighted by atomic mass is 32.2. The lowest BCUT2D eigenvalue weighted by Gasteiger charge is -2.43. The van der Waals surface area contributed by atoms with Gasteiger partial charge in [-0.1, -0.05) is 6.42 Å². The van der Waals surface area contributed by atoms with Gasteiger partial charge in [0, 0.05) is 62.7 Å². The lowest BCUT2D eigenvalue weighted by molar-refractivity contribution is -0.134. The Hall–Kier alpha value is -0.260. The molecule has 1 unspecified atom stereocenters. The molecule has 2 aliphatic heterocycles. The van der Waals surface area contributed by atoms with E-state index in [0.29, 0.717) is 18.4 Å². The van der Waals surface area contributed by atoms with Crippen LogP contribution in [0.25, 0.3) is 0 Å². The van der Waals surface area contributed by atoms with Crippen molar-refractivity contribution in [3.63, 3.8) is 0 Å². The van der Waals surface area contributed by atoms with Gasteiger partial charge in [-0.3, -0.25) is 9.69 Å². The van der Waals surface area contributed by atoms with Gasteiger partial charge < -0.3 is 10.2 Å². The second-order valence-electron chi connectivity index (χ2n) is 5.93. The minimum absolute atomic E-state index is 0.355. The van der Waals surface area contributed by atoms with Crippen LogP contribution in [0.1, 0.15) is 25.7 Å². The van der Waals surface area contributed by atoms with Gasteiger partial charge in [-0.05, 0) is 12.8 Å². The molecule has 0 aromatic heterocycles. The zero-order chi connectivity index (χ0) is 13.1. The van der Waals surface area contributed by atoms with E-state index in [1.807, 2.05) is 11.8 Å². The maximum absolute atomic E-state index is 12.3. The van der Waals surface area contributed by atoms with Gasteiger partial charge in [-0.25, -0.2) is 0 Å². The van der Waals surface area contributed by atoms with Gasteiger partial charge in [0.1, 0.15) is 0 Å². The third-order valence-corrected chi connectivity index (χ3v) is 5.81. The average Bonchev–Trinajstić information content (AvgIpc) is 2.39. The molecule has 0 bridgehead atoms. The normalized spacial score (nSPS) is 30.1. The molecular weight excluding hydrogens is 258 g/mol. The molecular formula is C14H25N3OS. The van der Waals surface area contributed by atoms with Crippen LogP contribution in [0.15, 0.2) is 0 Å². The van der Waals surface area contributed by atoms with Gasteiger partial charge in [0.25, 0.3) is 0 Å². The van der Waals surface area contributed by atoms with Gasteiger partial charge in [-0.2, -0.15) is 11.8 Å². The van der Waals surface area contributed by atoms with Crippen LogP contribution in [0.3, 0.4) is 0 Å². The number of rotatable bonds is 3. The molecule has 1 amide bonds. The van der Waals surface area contributed by atoms with E-state index in [0.717, 1.165) is 44.5 Å². The quantitative estimate of drug-likeness (QED) is 0.830.